The minimum absolute atomic E-state index is 0.0399. The first-order valence-corrected chi connectivity index (χ1v) is 41.8. The summed E-state index contributed by atoms with van der Waals surface area (Å²) in [4.78, 5) is 171. The Morgan fingerprint density at radius 3 is 1.93 bits per heavy atom. The van der Waals surface area contributed by atoms with Gasteiger partial charge in [0.1, 0.15) is 78.4 Å². The summed E-state index contributed by atoms with van der Waals surface area (Å²) in [5, 5.41) is 118. The number of hydrogen-bond donors (Lipinski definition) is 20. The molecule has 2 aromatic rings. The minimum Gasteiger partial charge on any atom is -0.508 e. The Morgan fingerprint density at radius 1 is 0.652 bits per heavy atom. The number of aromatic hydroxyl groups is 1. The van der Waals surface area contributed by atoms with Crippen molar-refractivity contribution in [1.82, 2.24) is 63.0 Å². The smallest absolute Gasteiger partial charge is 0.248 e. The first kappa shape index (κ1) is 97.4. The van der Waals surface area contributed by atoms with Crippen molar-refractivity contribution in [2.45, 2.75) is 279 Å². The quantitative estimate of drug-likeness (QED) is 0.0252. The summed E-state index contributed by atoms with van der Waals surface area (Å²) in [5.41, 5.74) is 12.8. The summed E-state index contributed by atoms with van der Waals surface area (Å²) in [5.74, 6) is -9.30. The second kappa shape index (κ2) is 50.5. The number of unbranched alkanes of at least 4 members (excludes halogenated alkanes) is 6. The van der Waals surface area contributed by atoms with Gasteiger partial charge in [0, 0.05) is 58.4 Å². The van der Waals surface area contributed by atoms with Crippen LogP contribution in [0, 0.1) is 17.8 Å². The van der Waals surface area contributed by atoms with Crippen molar-refractivity contribution >= 4 is 83.2 Å². The van der Waals surface area contributed by atoms with Gasteiger partial charge in [0.05, 0.1) is 37.1 Å². The molecule has 0 radical (unpaired) electrons. The zero-order valence-electron chi connectivity index (χ0n) is 67.3. The van der Waals surface area contributed by atoms with Crippen molar-refractivity contribution in [2.75, 3.05) is 51.3 Å². The van der Waals surface area contributed by atoms with Crippen LogP contribution in [0.4, 0.5) is 0 Å². The van der Waals surface area contributed by atoms with Gasteiger partial charge in [-0.1, -0.05) is 122 Å². The van der Waals surface area contributed by atoms with Crippen molar-refractivity contribution in [3.63, 3.8) is 0 Å². The maximum absolute atomic E-state index is 15.3. The molecule has 0 aliphatic carbocycles. The summed E-state index contributed by atoms with van der Waals surface area (Å²) in [6, 6.07) is -2.85. The Morgan fingerprint density at radius 2 is 1.28 bits per heavy atom. The maximum Gasteiger partial charge on any atom is 0.248 e. The van der Waals surface area contributed by atoms with E-state index in [2.05, 4.69) is 73.9 Å². The number of fused-ring (bicyclic) bond motifs is 2. The lowest BCUT2D eigenvalue weighted by Crippen LogP contribution is -2.64. The highest BCUT2D eigenvalue weighted by Crippen LogP contribution is 2.28. The number of carbonyl (C=O) groups is 12. The SMILES string of the molecule is CC[C@H](C)C[C@H](C)CCCCCCCCC(=O)N[C@H]1C[C@@H](O)[C@@H](OCCN)NC(=O)[C@@H]2[C@@H](O)CCN2C(=O)[C@H]([C@H](O)CCNC(=O)[C@@H](N)CCCCNC(=O)[C@H](Cc2ccccc2)NC(=O)[C@H](CC(C)C)NC(=O)[C@H](CCSC)NC=O)NC(=O)[C@H]([C@H](O)[C@@H](O)c2ccc(O)cc2)NC(=O)[C@@H]2C[C@@H](O)CN2C(=O)[C@H]([C@@H](C)O)NC1=O. The van der Waals surface area contributed by atoms with Crippen LogP contribution in [-0.4, -0.2) is 277 Å². The normalized spacial score (nSPS) is 23.9. The van der Waals surface area contributed by atoms with Crippen LogP contribution >= 0.6 is 11.8 Å². The van der Waals surface area contributed by atoms with E-state index in [9.17, 15) is 88.8 Å². The molecule has 0 saturated carbocycles. The highest BCUT2D eigenvalue weighted by molar-refractivity contribution is 7.98. The Hall–Kier alpha value is -8.17. The Balaban J connectivity index is 1.40. The fourth-order valence-electron chi connectivity index (χ4n) is 14.3. The van der Waals surface area contributed by atoms with Gasteiger partial charge in [0.2, 0.25) is 71.4 Å². The van der Waals surface area contributed by atoms with E-state index in [4.69, 9.17) is 16.2 Å². The molecule has 0 spiro atoms. The molecule has 2 aromatic carbocycles. The first-order chi connectivity index (χ1) is 54.7. The van der Waals surface area contributed by atoms with Crippen molar-refractivity contribution in [3.05, 3.63) is 65.7 Å². The molecule has 3 aliphatic rings. The van der Waals surface area contributed by atoms with Crippen LogP contribution in [0.25, 0.3) is 0 Å². The average molecular weight is 1640 g/mol. The third-order valence-corrected chi connectivity index (χ3v) is 21.7. The molecular weight excluding hydrogens is 1510 g/mol. The number of aliphatic hydroxyl groups is 7. The van der Waals surface area contributed by atoms with E-state index in [1.54, 1.807) is 30.3 Å². The van der Waals surface area contributed by atoms with Gasteiger partial charge < -0.3 is 120 Å². The van der Waals surface area contributed by atoms with E-state index < -0.39 is 213 Å². The molecule has 3 fully saturated rings. The van der Waals surface area contributed by atoms with Gasteiger partial charge in [-0.05, 0) is 118 Å². The van der Waals surface area contributed by atoms with Gasteiger partial charge in [-0.2, -0.15) is 11.8 Å². The number of amides is 12. The van der Waals surface area contributed by atoms with E-state index in [0.717, 1.165) is 79.4 Å². The van der Waals surface area contributed by atoms with Crippen molar-refractivity contribution in [2.24, 2.45) is 29.2 Å². The molecule has 12 amide bonds. The van der Waals surface area contributed by atoms with Crippen molar-refractivity contribution < 1.29 is 103 Å². The summed E-state index contributed by atoms with van der Waals surface area (Å²) in [6.07, 6.45) is -6.00. The van der Waals surface area contributed by atoms with Gasteiger partial charge in [0.15, 0.2) is 6.23 Å². The molecule has 5 rings (SSSR count). The van der Waals surface area contributed by atoms with E-state index in [1.807, 2.05) is 20.1 Å². The van der Waals surface area contributed by atoms with E-state index in [0.29, 0.717) is 43.3 Å². The maximum atomic E-state index is 15.3. The standard InChI is InChI=1S/C79H128N14O21S/c1-8-46(4)39-47(5)20-14-11-9-10-12-17-24-62(101)85-57-42-61(100)77(114-36-32-80)91-76(111)66-60(99)30-35-92(66)79(113)64(89-75(110)65(68(103)67(102)50-25-27-51(96)28-26-50)90-74(109)58-41-52(97)43-93(58)78(112)63(48(6)95)88-73(57)108)59(98)29-34-83-69(104)53(81)23-18-19-33-82-70(105)56(40-49-21-15-13-16-22-49)87-72(107)55(38-45(2)3)86-71(106)54(84-44-94)31-37-115-7/h13,15-16,21-22,25-28,44-48,52-61,63-68,77,95-100,102-103H,8-12,14,17-20,23-24,29-43,80-81H2,1-7H3,(H,82,105)(H,83,104)(H,84,94)(H,85,101)(H,86,106)(H,87,107)(H,88,108)(H,89,110)(H,90,109)(H,91,111)/t46-,47+,48+,52+,53-,54-,55-,56-,57-,58-,59+,60-,61+,63-,64-,65-,66-,67-,68-,77+/m0/s1. The van der Waals surface area contributed by atoms with E-state index >= 15 is 9.59 Å². The van der Waals surface area contributed by atoms with E-state index in [-0.39, 0.29) is 81.9 Å². The van der Waals surface area contributed by atoms with Crippen LogP contribution in [0.5, 0.6) is 5.75 Å². The van der Waals surface area contributed by atoms with Crippen LogP contribution in [0.3, 0.4) is 0 Å². The van der Waals surface area contributed by atoms with Crippen molar-refractivity contribution in [1.29, 1.82) is 0 Å². The Bertz CT molecular complexity index is 3410. The number of nitrogens with zero attached hydrogens (tertiary/aromatic N) is 2. The lowest BCUT2D eigenvalue weighted by Gasteiger charge is -2.35. The number of hydrogen-bond acceptors (Lipinski definition) is 24. The summed E-state index contributed by atoms with van der Waals surface area (Å²) >= 11 is 1.48. The number of nitrogens with two attached hydrogens (primary N) is 2. The van der Waals surface area contributed by atoms with Crippen molar-refractivity contribution in [3.8, 4) is 5.75 Å². The van der Waals surface area contributed by atoms with Crippen LogP contribution in [0.15, 0.2) is 54.6 Å². The lowest BCUT2D eigenvalue weighted by molar-refractivity contribution is -0.150. The molecular formula is C79H128N14O21S. The van der Waals surface area contributed by atoms with Crippen LogP contribution in [-0.2, 0) is 68.7 Å². The molecule has 22 N–H and O–H groups in total. The second-order valence-electron chi connectivity index (χ2n) is 31.1. The summed E-state index contributed by atoms with van der Waals surface area (Å²) < 4.78 is 5.82. The van der Waals surface area contributed by atoms with Gasteiger partial charge >= 0.3 is 0 Å². The molecule has 36 heteroatoms. The third-order valence-electron chi connectivity index (χ3n) is 21.1. The van der Waals surface area contributed by atoms with Gasteiger partial charge in [0.25, 0.3) is 0 Å². The third kappa shape index (κ3) is 32.0. The monoisotopic (exact) mass is 1640 g/mol. The molecule has 0 aromatic heterocycles. The fourth-order valence-corrected chi connectivity index (χ4v) is 14.8. The number of carbonyl (C=O) groups excluding carboxylic acids is 12. The molecule has 20 atom stereocenters. The van der Waals surface area contributed by atoms with Crippen LogP contribution < -0.4 is 64.6 Å². The zero-order chi connectivity index (χ0) is 85.0. The molecule has 35 nitrogen and oxygen atoms in total. The van der Waals surface area contributed by atoms with Gasteiger partial charge in [-0.15, -0.1) is 0 Å². The molecule has 115 heavy (non-hydrogen) atoms. The highest BCUT2D eigenvalue weighted by Gasteiger charge is 2.49. The largest absolute Gasteiger partial charge is 0.508 e. The molecule has 3 heterocycles. The predicted octanol–water partition coefficient (Wildman–Crippen LogP) is -1.99. The number of phenolic OH excluding ortho intramolecular Hbond substituents is 1. The Kier molecular flexibility index (Phi) is 42.7. The predicted molar refractivity (Wildman–Crippen MR) is 426 cm³/mol. The number of benzene rings is 2. The number of phenols is 1. The number of nitrogens with one attached hydrogen (secondary N) is 10. The van der Waals surface area contributed by atoms with Gasteiger partial charge in [-0.25, -0.2) is 0 Å². The number of aliphatic hydroxyl groups excluding tert-OH is 7. The minimum atomic E-state index is -2.42. The van der Waals surface area contributed by atoms with Crippen LogP contribution in [0.1, 0.15) is 181 Å². The molecule has 0 unspecified atom stereocenters. The lowest BCUT2D eigenvalue weighted by atomic mass is 9.91. The highest BCUT2D eigenvalue weighted by atomic mass is 32.2. The van der Waals surface area contributed by atoms with Gasteiger partial charge in [-0.3, -0.25) is 57.5 Å². The molecule has 3 aliphatic heterocycles. The fraction of sp³-hybridized carbons (Fsp3) is 0.696. The number of ether oxygens (including phenoxy) is 1. The summed E-state index contributed by atoms with van der Waals surface area (Å²) in [7, 11) is 0. The zero-order valence-corrected chi connectivity index (χ0v) is 68.1. The second-order valence-corrected chi connectivity index (χ2v) is 32.1. The number of thioether (sulfide) groups is 1. The first-order valence-electron chi connectivity index (χ1n) is 40.4. The van der Waals surface area contributed by atoms with E-state index in [1.165, 1.54) is 23.9 Å². The molecule has 3 saturated heterocycles. The van der Waals surface area contributed by atoms with Crippen LogP contribution in [0.2, 0.25) is 0 Å². The molecule has 0 bridgehead atoms. The Labute approximate surface area is 677 Å². The number of rotatable bonds is 44. The topological polar surface area (TPSA) is 555 Å². The summed E-state index contributed by atoms with van der Waals surface area (Å²) in [6.45, 7) is 9.48. The molecule has 646 valence electrons. The average Bonchev–Trinajstić information content (AvgIpc) is 1.76.